The van der Waals surface area contributed by atoms with Crippen LogP contribution in [0.1, 0.15) is 44.5 Å². The second-order valence-corrected chi connectivity index (χ2v) is 8.40. The molecule has 1 aliphatic rings. The first-order valence-corrected chi connectivity index (χ1v) is 10.1. The van der Waals surface area contributed by atoms with Crippen molar-refractivity contribution in [3.8, 4) is 0 Å². The third-order valence-corrected chi connectivity index (χ3v) is 5.59. The van der Waals surface area contributed by atoms with Crippen LogP contribution in [0, 0.1) is 6.92 Å². The van der Waals surface area contributed by atoms with Gasteiger partial charge in [-0.1, -0.05) is 42.5 Å². The zero-order valence-electron chi connectivity index (χ0n) is 18.3. The Labute approximate surface area is 178 Å². The number of amides is 1. The lowest BCUT2D eigenvalue weighted by atomic mass is 9.77. The van der Waals surface area contributed by atoms with Crippen LogP contribution in [0.2, 0.25) is 0 Å². The van der Waals surface area contributed by atoms with E-state index in [1.165, 1.54) is 0 Å². The van der Waals surface area contributed by atoms with Crippen molar-refractivity contribution in [2.45, 2.75) is 52.4 Å². The first kappa shape index (κ1) is 22.1. The number of alkyl carbamates (subject to hydrolysis) is 1. The topological polar surface area (TPSA) is 69.7 Å². The van der Waals surface area contributed by atoms with Crippen LogP contribution in [0.3, 0.4) is 0 Å². The highest BCUT2D eigenvalue weighted by Crippen LogP contribution is 2.38. The minimum absolute atomic E-state index is 0.212. The number of aromatic nitrogens is 1. The van der Waals surface area contributed by atoms with Crippen molar-refractivity contribution < 1.29 is 18.8 Å². The highest BCUT2D eigenvalue weighted by atomic mass is 16.7. The molecule has 1 aromatic heterocycles. The van der Waals surface area contributed by atoms with E-state index in [0.29, 0.717) is 0 Å². The molecule has 6 nitrogen and oxygen atoms in total. The number of nitrogens with zero attached hydrogens (tertiary/aromatic N) is 1. The smallest absolute Gasteiger partial charge is 0.445 e. The summed E-state index contributed by atoms with van der Waals surface area (Å²) in [5.41, 5.74) is 2.60. The summed E-state index contributed by atoms with van der Waals surface area (Å²) in [6, 6.07) is 13.4. The average Bonchev–Trinajstić information content (AvgIpc) is 2.92. The van der Waals surface area contributed by atoms with Crippen molar-refractivity contribution in [1.82, 2.24) is 10.3 Å². The Kier molecular flexibility index (Phi) is 6.63. The summed E-state index contributed by atoms with van der Waals surface area (Å²) in [6.45, 7) is 10.4. The maximum atomic E-state index is 12.3. The fourth-order valence-electron chi connectivity index (χ4n) is 2.99. The van der Waals surface area contributed by atoms with E-state index in [-0.39, 0.29) is 13.2 Å². The molecule has 0 atom stereocenters. The second-order valence-electron chi connectivity index (χ2n) is 8.40. The molecule has 1 amide bonds. The summed E-state index contributed by atoms with van der Waals surface area (Å²) in [6.07, 6.45) is 3.21. The van der Waals surface area contributed by atoms with Crippen molar-refractivity contribution in [1.29, 1.82) is 0 Å². The Balaban J connectivity index is 1.72. The third-order valence-electron chi connectivity index (χ3n) is 5.59. The van der Waals surface area contributed by atoms with Crippen LogP contribution in [0.25, 0.3) is 6.08 Å². The standard InChI is InChI=1S/C23H29BN2O4/c1-17-19(12-9-13-25-17)14-20(24-29-22(2,3)23(4,5)30-24)15-26-21(27)28-16-18-10-7-6-8-11-18/h6-14H,15-16H2,1-5H3,(H,26,27). The quantitative estimate of drug-likeness (QED) is 0.721. The molecule has 0 aliphatic carbocycles. The number of pyridine rings is 1. The molecule has 0 spiro atoms. The molecule has 1 aromatic carbocycles. The molecule has 0 saturated carbocycles. The van der Waals surface area contributed by atoms with Crippen LogP contribution in [0.5, 0.6) is 0 Å². The summed E-state index contributed by atoms with van der Waals surface area (Å²) in [4.78, 5) is 16.6. The van der Waals surface area contributed by atoms with Gasteiger partial charge in [0.15, 0.2) is 0 Å². The first-order valence-electron chi connectivity index (χ1n) is 10.1. The lowest BCUT2D eigenvalue weighted by Gasteiger charge is -2.32. The lowest BCUT2D eigenvalue weighted by Crippen LogP contribution is -2.41. The van der Waals surface area contributed by atoms with E-state index < -0.39 is 24.4 Å². The van der Waals surface area contributed by atoms with Crippen LogP contribution in [0.15, 0.2) is 54.1 Å². The SMILES string of the molecule is Cc1ncccc1C=C(CNC(=O)OCc1ccccc1)B1OC(C)(C)C(C)(C)O1. The summed E-state index contributed by atoms with van der Waals surface area (Å²) < 4.78 is 17.7. The van der Waals surface area contributed by atoms with Gasteiger partial charge < -0.3 is 19.4 Å². The van der Waals surface area contributed by atoms with E-state index >= 15 is 0 Å². The maximum absolute atomic E-state index is 12.3. The molecule has 0 radical (unpaired) electrons. The predicted molar refractivity (Wildman–Crippen MR) is 118 cm³/mol. The number of hydrogen-bond donors (Lipinski definition) is 1. The van der Waals surface area contributed by atoms with Gasteiger partial charge in [0.25, 0.3) is 0 Å². The predicted octanol–water partition coefficient (Wildman–Crippen LogP) is 4.33. The minimum Gasteiger partial charge on any atom is -0.445 e. The number of carbonyl (C=O) groups is 1. The van der Waals surface area contributed by atoms with E-state index in [1.807, 2.05) is 83.2 Å². The Morgan fingerprint density at radius 3 is 2.40 bits per heavy atom. The number of hydrogen-bond acceptors (Lipinski definition) is 5. The van der Waals surface area contributed by atoms with Crippen LogP contribution in [-0.4, -0.2) is 35.9 Å². The summed E-state index contributed by atoms with van der Waals surface area (Å²) in [7, 11) is -0.580. The monoisotopic (exact) mass is 408 g/mol. The van der Waals surface area contributed by atoms with E-state index in [9.17, 15) is 4.79 Å². The molecule has 3 rings (SSSR count). The average molecular weight is 408 g/mol. The van der Waals surface area contributed by atoms with Crippen molar-refractivity contribution in [3.05, 3.63) is 71.0 Å². The molecular weight excluding hydrogens is 379 g/mol. The Morgan fingerprint density at radius 1 is 1.10 bits per heavy atom. The fourth-order valence-corrected chi connectivity index (χ4v) is 2.99. The largest absolute Gasteiger partial charge is 0.492 e. The molecule has 0 bridgehead atoms. The number of benzene rings is 1. The summed E-state index contributed by atoms with van der Waals surface area (Å²) >= 11 is 0. The highest BCUT2D eigenvalue weighted by molar-refractivity contribution is 6.56. The lowest BCUT2D eigenvalue weighted by molar-refractivity contribution is 0.00578. The van der Waals surface area contributed by atoms with Crippen molar-refractivity contribution in [2.75, 3.05) is 6.54 Å². The van der Waals surface area contributed by atoms with E-state index in [1.54, 1.807) is 6.20 Å². The van der Waals surface area contributed by atoms with Gasteiger partial charge in [0.1, 0.15) is 6.61 Å². The zero-order chi connectivity index (χ0) is 21.8. The van der Waals surface area contributed by atoms with Crippen LogP contribution in [-0.2, 0) is 20.7 Å². The molecular formula is C23H29BN2O4. The van der Waals surface area contributed by atoms with Crippen LogP contribution >= 0.6 is 0 Å². The summed E-state index contributed by atoms with van der Waals surface area (Å²) in [5, 5.41) is 2.81. The van der Waals surface area contributed by atoms with Crippen molar-refractivity contribution in [3.63, 3.8) is 0 Å². The molecule has 2 aromatic rings. The van der Waals surface area contributed by atoms with E-state index in [2.05, 4.69) is 10.3 Å². The zero-order valence-corrected chi connectivity index (χ0v) is 18.3. The van der Waals surface area contributed by atoms with Gasteiger partial charge in [0, 0.05) is 18.4 Å². The van der Waals surface area contributed by atoms with Crippen molar-refractivity contribution in [2.24, 2.45) is 0 Å². The second kappa shape index (κ2) is 9.02. The van der Waals surface area contributed by atoms with Crippen molar-refractivity contribution >= 4 is 19.3 Å². The normalized spacial score (nSPS) is 17.6. The van der Waals surface area contributed by atoms with Gasteiger partial charge in [-0.05, 0) is 57.3 Å². The number of rotatable bonds is 6. The van der Waals surface area contributed by atoms with Gasteiger partial charge in [-0.15, -0.1) is 0 Å². The van der Waals surface area contributed by atoms with E-state index in [4.69, 9.17) is 14.0 Å². The fraction of sp³-hybridized carbons (Fsp3) is 0.391. The Bertz CT molecular complexity index is 896. The van der Waals surface area contributed by atoms with Gasteiger partial charge in [0.2, 0.25) is 0 Å². The third kappa shape index (κ3) is 5.29. The van der Waals surface area contributed by atoms with Crippen LogP contribution in [0.4, 0.5) is 4.79 Å². The number of aryl methyl sites for hydroxylation is 1. The molecule has 0 unspecified atom stereocenters. The van der Waals surface area contributed by atoms with E-state index in [0.717, 1.165) is 22.3 Å². The molecule has 1 N–H and O–H groups in total. The number of ether oxygens (including phenoxy) is 1. The number of nitrogens with one attached hydrogen (secondary N) is 1. The molecule has 7 heteroatoms. The van der Waals surface area contributed by atoms with Gasteiger partial charge in [-0.2, -0.15) is 0 Å². The molecule has 30 heavy (non-hydrogen) atoms. The molecule has 1 saturated heterocycles. The molecule has 1 aliphatic heterocycles. The number of carbonyl (C=O) groups excluding carboxylic acids is 1. The van der Waals surface area contributed by atoms with Gasteiger partial charge in [-0.25, -0.2) is 4.79 Å². The first-order chi connectivity index (χ1) is 14.2. The Morgan fingerprint density at radius 2 is 1.77 bits per heavy atom. The van der Waals surface area contributed by atoms with Gasteiger partial charge in [0.05, 0.1) is 11.2 Å². The Hall–Kier alpha value is -2.64. The summed E-state index contributed by atoms with van der Waals surface area (Å²) in [5.74, 6) is 0. The maximum Gasteiger partial charge on any atom is 0.492 e. The molecule has 1 fully saturated rings. The van der Waals surface area contributed by atoms with Crippen LogP contribution < -0.4 is 5.32 Å². The molecule has 2 heterocycles. The highest BCUT2D eigenvalue weighted by Gasteiger charge is 2.52. The minimum atomic E-state index is -0.580. The van der Waals surface area contributed by atoms with Gasteiger partial charge >= 0.3 is 13.2 Å². The molecule has 158 valence electrons. The van der Waals surface area contributed by atoms with Gasteiger partial charge in [-0.3, -0.25) is 4.98 Å².